The van der Waals surface area contributed by atoms with Crippen molar-refractivity contribution in [2.45, 2.75) is 4.90 Å². The maximum atomic E-state index is 11.5. The van der Waals surface area contributed by atoms with Crippen LogP contribution in [0.15, 0.2) is 40.9 Å². The van der Waals surface area contributed by atoms with Crippen LogP contribution in [-0.2, 0) is 9.59 Å². The lowest BCUT2D eigenvalue weighted by atomic mass is 10.2. The quantitative estimate of drug-likeness (QED) is 0.736. The van der Waals surface area contributed by atoms with E-state index in [9.17, 15) is 9.59 Å². The number of thioether (sulfide) groups is 1. The Morgan fingerprint density at radius 3 is 2.81 bits per heavy atom. The van der Waals surface area contributed by atoms with E-state index in [2.05, 4.69) is 5.32 Å². The summed E-state index contributed by atoms with van der Waals surface area (Å²) in [5.74, 6) is 0.0167. The number of anilines is 1. The number of amides is 2. The first-order chi connectivity index (χ1) is 7.75. The van der Waals surface area contributed by atoms with E-state index in [4.69, 9.17) is 0 Å². The van der Waals surface area contributed by atoms with Gasteiger partial charge in [0.2, 0.25) is 0 Å². The Bertz CT molecular complexity index is 524. The average molecular weight is 232 g/mol. The highest BCUT2D eigenvalue weighted by molar-refractivity contribution is 7.99. The van der Waals surface area contributed by atoms with Crippen molar-refractivity contribution >= 4 is 29.3 Å². The van der Waals surface area contributed by atoms with Gasteiger partial charge in [-0.05, 0) is 12.1 Å². The maximum absolute atomic E-state index is 11.5. The number of nitrogens with one attached hydrogen (secondary N) is 1. The van der Waals surface area contributed by atoms with Gasteiger partial charge in [-0.25, -0.2) is 0 Å². The van der Waals surface area contributed by atoms with Crippen LogP contribution in [0.5, 0.6) is 0 Å². The third-order valence-corrected chi connectivity index (χ3v) is 3.58. The van der Waals surface area contributed by atoms with Gasteiger partial charge in [0.05, 0.1) is 11.6 Å². The summed E-state index contributed by atoms with van der Waals surface area (Å²) in [5.41, 5.74) is 1.42. The van der Waals surface area contributed by atoms with E-state index < -0.39 is 0 Å². The predicted octanol–water partition coefficient (Wildman–Crippen LogP) is 1.10. The van der Waals surface area contributed by atoms with Crippen molar-refractivity contribution < 1.29 is 9.59 Å². The zero-order chi connectivity index (χ0) is 11.1. The molecule has 80 valence electrons. The Morgan fingerprint density at radius 2 is 2.06 bits per heavy atom. The van der Waals surface area contributed by atoms with Crippen LogP contribution in [0.2, 0.25) is 0 Å². The van der Waals surface area contributed by atoms with Gasteiger partial charge in [0.25, 0.3) is 11.8 Å². The number of para-hydroxylation sites is 1. The van der Waals surface area contributed by atoms with Crippen molar-refractivity contribution in [2.24, 2.45) is 0 Å². The molecule has 0 radical (unpaired) electrons. The van der Waals surface area contributed by atoms with Crippen LogP contribution >= 0.6 is 11.8 Å². The lowest BCUT2D eigenvalue weighted by molar-refractivity contribution is -0.123. The summed E-state index contributed by atoms with van der Waals surface area (Å²) < 4.78 is 0. The molecule has 0 spiro atoms. The van der Waals surface area contributed by atoms with Crippen LogP contribution < -0.4 is 10.2 Å². The molecular formula is C11H8N2O2S. The second kappa shape index (κ2) is 3.38. The SMILES string of the molecule is O=C1C=C(N2CSc3ccccc32)C(=O)N1. The smallest absolute Gasteiger partial charge is 0.274 e. The summed E-state index contributed by atoms with van der Waals surface area (Å²) >= 11 is 1.66. The third-order valence-electron chi connectivity index (χ3n) is 2.53. The Balaban J connectivity index is 2.02. The number of imide groups is 1. The van der Waals surface area contributed by atoms with E-state index in [1.54, 1.807) is 11.8 Å². The molecule has 3 rings (SSSR count). The number of rotatable bonds is 1. The molecule has 0 aliphatic carbocycles. The standard InChI is InChI=1S/C11H8N2O2S/c14-10-5-8(11(15)12-10)13-6-16-9-4-2-1-3-7(9)13/h1-5H,6H2,(H,12,14,15). The third kappa shape index (κ3) is 1.32. The van der Waals surface area contributed by atoms with Gasteiger partial charge in [0.1, 0.15) is 5.70 Å². The molecule has 0 saturated heterocycles. The summed E-state index contributed by atoms with van der Waals surface area (Å²) in [6.45, 7) is 0. The normalized spacial score (nSPS) is 18.5. The molecule has 1 aromatic carbocycles. The van der Waals surface area contributed by atoms with E-state index in [0.717, 1.165) is 10.6 Å². The van der Waals surface area contributed by atoms with Gasteiger partial charge in [-0.15, -0.1) is 11.8 Å². The van der Waals surface area contributed by atoms with Crippen molar-refractivity contribution in [2.75, 3.05) is 10.8 Å². The predicted molar refractivity (Wildman–Crippen MR) is 60.9 cm³/mol. The Kier molecular flexibility index (Phi) is 2.00. The maximum Gasteiger partial charge on any atom is 0.274 e. The summed E-state index contributed by atoms with van der Waals surface area (Å²) in [4.78, 5) is 25.6. The summed E-state index contributed by atoms with van der Waals surface area (Å²) in [6.07, 6.45) is 1.35. The molecule has 5 heteroatoms. The van der Waals surface area contributed by atoms with Gasteiger partial charge in [0.15, 0.2) is 0 Å². The largest absolute Gasteiger partial charge is 0.326 e. The van der Waals surface area contributed by atoms with Crippen LogP contribution in [0.1, 0.15) is 0 Å². The van der Waals surface area contributed by atoms with Crippen LogP contribution in [0.25, 0.3) is 0 Å². The molecule has 2 heterocycles. The van der Waals surface area contributed by atoms with E-state index in [-0.39, 0.29) is 11.8 Å². The molecule has 16 heavy (non-hydrogen) atoms. The van der Waals surface area contributed by atoms with Crippen molar-refractivity contribution in [3.05, 3.63) is 36.0 Å². The number of carbonyl (C=O) groups excluding carboxylic acids is 2. The molecule has 1 N–H and O–H groups in total. The Hall–Kier alpha value is -1.75. The highest BCUT2D eigenvalue weighted by Crippen LogP contribution is 2.40. The first kappa shape index (κ1) is 9.47. The Labute approximate surface area is 96.3 Å². The molecule has 0 saturated carbocycles. The molecular weight excluding hydrogens is 224 g/mol. The van der Waals surface area contributed by atoms with Crippen LogP contribution in [-0.4, -0.2) is 17.7 Å². The van der Waals surface area contributed by atoms with Gasteiger partial charge in [0, 0.05) is 11.0 Å². The van der Waals surface area contributed by atoms with Crippen LogP contribution in [0.4, 0.5) is 5.69 Å². The molecule has 2 aliphatic heterocycles. The number of hydrogen-bond acceptors (Lipinski definition) is 4. The van der Waals surface area contributed by atoms with Gasteiger partial charge < -0.3 is 4.90 Å². The fraction of sp³-hybridized carbons (Fsp3) is 0.0909. The summed E-state index contributed by atoms with van der Waals surface area (Å²) in [5, 5.41) is 2.25. The number of hydrogen-bond donors (Lipinski definition) is 1. The minimum absolute atomic E-state index is 0.317. The fourth-order valence-electron chi connectivity index (χ4n) is 1.81. The van der Waals surface area contributed by atoms with Gasteiger partial charge in [-0.2, -0.15) is 0 Å². The molecule has 1 aromatic rings. The molecule has 4 nitrogen and oxygen atoms in total. The van der Waals surface area contributed by atoms with E-state index in [0.29, 0.717) is 11.6 Å². The van der Waals surface area contributed by atoms with E-state index in [1.165, 1.54) is 6.08 Å². The van der Waals surface area contributed by atoms with E-state index in [1.807, 2.05) is 29.2 Å². The molecule has 2 aliphatic rings. The highest BCUT2D eigenvalue weighted by atomic mass is 32.2. The van der Waals surface area contributed by atoms with Crippen molar-refractivity contribution in [1.82, 2.24) is 5.32 Å². The highest BCUT2D eigenvalue weighted by Gasteiger charge is 2.30. The summed E-state index contributed by atoms with van der Waals surface area (Å²) in [6, 6.07) is 7.85. The second-order valence-electron chi connectivity index (χ2n) is 3.52. The van der Waals surface area contributed by atoms with Crippen molar-refractivity contribution in [3.63, 3.8) is 0 Å². The Morgan fingerprint density at radius 1 is 1.25 bits per heavy atom. The molecule has 0 fully saturated rings. The number of fused-ring (bicyclic) bond motifs is 1. The molecule has 0 bridgehead atoms. The first-order valence-electron chi connectivity index (χ1n) is 4.82. The minimum Gasteiger partial charge on any atom is -0.326 e. The lowest BCUT2D eigenvalue weighted by Gasteiger charge is -2.17. The van der Waals surface area contributed by atoms with Gasteiger partial charge in [-0.3, -0.25) is 14.9 Å². The zero-order valence-electron chi connectivity index (χ0n) is 8.27. The number of benzene rings is 1. The fourth-order valence-corrected chi connectivity index (χ4v) is 2.85. The van der Waals surface area contributed by atoms with Gasteiger partial charge >= 0.3 is 0 Å². The van der Waals surface area contributed by atoms with Crippen LogP contribution in [0.3, 0.4) is 0 Å². The van der Waals surface area contributed by atoms with Crippen LogP contribution in [0, 0.1) is 0 Å². The first-order valence-corrected chi connectivity index (χ1v) is 5.80. The van der Waals surface area contributed by atoms with Crippen molar-refractivity contribution in [1.29, 1.82) is 0 Å². The monoisotopic (exact) mass is 232 g/mol. The van der Waals surface area contributed by atoms with E-state index >= 15 is 0 Å². The second-order valence-corrected chi connectivity index (χ2v) is 4.50. The molecule has 2 amide bonds. The average Bonchev–Trinajstić information content (AvgIpc) is 2.81. The van der Waals surface area contributed by atoms with Crippen molar-refractivity contribution in [3.8, 4) is 0 Å². The number of nitrogens with zero attached hydrogens (tertiary/aromatic N) is 1. The number of carbonyl (C=O) groups is 2. The summed E-state index contributed by atoms with van der Waals surface area (Å²) in [7, 11) is 0. The molecule has 0 aromatic heterocycles. The lowest BCUT2D eigenvalue weighted by Crippen LogP contribution is -2.29. The minimum atomic E-state index is -0.339. The van der Waals surface area contributed by atoms with Gasteiger partial charge in [-0.1, -0.05) is 12.1 Å². The molecule has 0 unspecified atom stereocenters. The topological polar surface area (TPSA) is 49.4 Å². The molecule has 0 atom stereocenters. The zero-order valence-corrected chi connectivity index (χ0v) is 9.08.